The number of Topliss-reactive ketones (excluding diaryl/α,β-unsaturated/α-hetero) is 1. The van der Waals surface area contributed by atoms with Crippen LogP contribution >= 0.6 is 0 Å². The Balaban J connectivity index is 2.51. The number of aliphatic hydroxyl groups is 1. The summed E-state index contributed by atoms with van der Waals surface area (Å²) in [5.41, 5.74) is 1.67. The molecule has 1 aliphatic rings. The summed E-state index contributed by atoms with van der Waals surface area (Å²) in [5, 5.41) is 9.86. The van der Waals surface area contributed by atoms with Crippen molar-refractivity contribution in [3.05, 3.63) is 11.1 Å². The van der Waals surface area contributed by atoms with Crippen LogP contribution in [-0.2, 0) is 14.3 Å². The van der Waals surface area contributed by atoms with Crippen molar-refractivity contribution in [1.82, 2.24) is 0 Å². The van der Waals surface area contributed by atoms with Gasteiger partial charge in [0.15, 0.2) is 5.78 Å². The Labute approximate surface area is 139 Å². The maximum Gasteiger partial charge on any atom is 0.305 e. The van der Waals surface area contributed by atoms with Crippen LogP contribution in [0, 0.1) is 11.8 Å². The third-order valence-corrected chi connectivity index (χ3v) is 4.06. The molecule has 0 heterocycles. The lowest BCUT2D eigenvalue weighted by Crippen LogP contribution is -2.03. The number of unbranched alkanes of at least 4 members (excludes halogenated alkanes) is 3. The number of hydrogen-bond acceptors (Lipinski definition) is 4. The lowest BCUT2D eigenvalue weighted by Gasteiger charge is -2.03. The van der Waals surface area contributed by atoms with E-state index in [-0.39, 0.29) is 11.8 Å². The predicted octanol–water partition coefficient (Wildman–Crippen LogP) is 3.32. The molecule has 128 valence electrons. The molecule has 4 nitrogen and oxygen atoms in total. The van der Waals surface area contributed by atoms with Gasteiger partial charge in [0.1, 0.15) is 6.10 Å². The number of ether oxygens (including phenoxy) is 1. The van der Waals surface area contributed by atoms with E-state index in [0.717, 1.165) is 36.8 Å². The van der Waals surface area contributed by atoms with Crippen LogP contribution in [-0.4, -0.2) is 30.1 Å². The maximum absolute atomic E-state index is 11.9. The standard InChI is InChI=1S/C19H28O4/c1-3-4-5-8-16(20)13-11-15-12-14-18(21)17(15)9-6-7-10-19(22)23-2/h16,20H,3-10,12,14H2,1-2H3/t16-/m1/s1. The van der Waals surface area contributed by atoms with Gasteiger partial charge in [0, 0.05) is 24.0 Å². The summed E-state index contributed by atoms with van der Waals surface area (Å²) in [7, 11) is 1.38. The second kappa shape index (κ2) is 11.0. The van der Waals surface area contributed by atoms with Gasteiger partial charge in [-0.15, -0.1) is 0 Å². The van der Waals surface area contributed by atoms with Crippen LogP contribution in [0.15, 0.2) is 11.1 Å². The summed E-state index contributed by atoms with van der Waals surface area (Å²) >= 11 is 0. The van der Waals surface area contributed by atoms with Gasteiger partial charge >= 0.3 is 5.97 Å². The van der Waals surface area contributed by atoms with Gasteiger partial charge in [-0.1, -0.05) is 31.6 Å². The van der Waals surface area contributed by atoms with E-state index in [1.54, 1.807) is 0 Å². The highest BCUT2D eigenvalue weighted by Gasteiger charge is 2.21. The van der Waals surface area contributed by atoms with Gasteiger partial charge in [0.05, 0.1) is 7.11 Å². The third-order valence-electron chi connectivity index (χ3n) is 4.06. The third kappa shape index (κ3) is 7.47. The lowest BCUT2D eigenvalue weighted by molar-refractivity contribution is -0.140. The molecule has 1 rings (SSSR count). The molecule has 1 N–H and O–H groups in total. The SMILES string of the molecule is CCCCC[C@@H](O)C#CC1=C(CCCCC(=O)OC)C(=O)CC1. The molecule has 0 radical (unpaired) electrons. The molecule has 0 amide bonds. The molecule has 0 spiro atoms. The van der Waals surface area contributed by atoms with E-state index >= 15 is 0 Å². The summed E-state index contributed by atoms with van der Waals surface area (Å²) in [6.45, 7) is 2.12. The zero-order valence-corrected chi connectivity index (χ0v) is 14.3. The first kappa shape index (κ1) is 19.4. The van der Waals surface area contributed by atoms with Gasteiger partial charge in [0.25, 0.3) is 0 Å². The Kier molecular flexibility index (Phi) is 9.31. The van der Waals surface area contributed by atoms with E-state index in [0.29, 0.717) is 38.5 Å². The molecule has 23 heavy (non-hydrogen) atoms. The Bertz CT molecular complexity index is 493. The second-order valence-electron chi connectivity index (χ2n) is 5.94. The first-order valence-corrected chi connectivity index (χ1v) is 8.60. The number of carbonyl (C=O) groups excluding carboxylic acids is 2. The first-order valence-electron chi connectivity index (χ1n) is 8.60. The lowest BCUT2D eigenvalue weighted by atomic mass is 10.0. The van der Waals surface area contributed by atoms with E-state index in [4.69, 9.17) is 0 Å². The Morgan fingerprint density at radius 3 is 2.74 bits per heavy atom. The highest BCUT2D eigenvalue weighted by Crippen LogP contribution is 2.26. The van der Waals surface area contributed by atoms with Crippen molar-refractivity contribution in [2.75, 3.05) is 7.11 Å². The quantitative estimate of drug-likeness (QED) is 0.402. The first-order chi connectivity index (χ1) is 11.1. The average Bonchev–Trinajstić information content (AvgIpc) is 2.89. The van der Waals surface area contributed by atoms with E-state index in [9.17, 15) is 14.7 Å². The zero-order valence-electron chi connectivity index (χ0n) is 14.3. The Hall–Kier alpha value is -1.60. The van der Waals surface area contributed by atoms with Crippen LogP contribution in [0.2, 0.25) is 0 Å². The molecule has 0 saturated heterocycles. The smallest absolute Gasteiger partial charge is 0.305 e. The molecule has 1 aliphatic carbocycles. The molecule has 4 heteroatoms. The monoisotopic (exact) mass is 320 g/mol. The fourth-order valence-electron chi connectivity index (χ4n) is 2.64. The highest BCUT2D eigenvalue weighted by molar-refractivity contribution is 5.99. The molecule has 0 aromatic heterocycles. The minimum absolute atomic E-state index is 0.160. The molecule has 0 fully saturated rings. The number of hydrogen-bond donors (Lipinski definition) is 1. The van der Waals surface area contributed by atoms with Crippen LogP contribution in [0.1, 0.15) is 71.1 Å². The minimum atomic E-state index is -0.606. The van der Waals surface area contributed by atoms with Crippen molar-refractivity contribution >= 4 is 11.8 Å². The van der Waals surface area contributed by atoms with Gasteiger partial charge in [-0.3, -0.25) is 9.59 Å². The fraction of sp³-hybridized carbons (Fsp3) is 0.684. The fourth-order valence-corrected chi connectivity index (χ4v) is 2.64. The van der Waals surface area contributed by atoms with Crippen molar-refractivity contribution in [2.24, 2.45) is 0 Å². The molecular weight excluding hydrogens is 292 g/mol. The van der Waals surface area contributed by atoms with Crippen LogP contribution < -0.4 is 0 Å². The van der Waals surface area contributed by atoms with Crippen molar-refractivity contribution in [1.29, 1.82) is 0 Å². The van der Waals surface area contributed by atoms with E-state index in [2.05, 4.69) is 23.5 Å². The summed E-state index contributed by atoms with van der Waals surface area (Å²) < 4.78 is 4.60. The van der Waals surface area contributed by atoms with Crippen molar-refractivity contribution < 1.29 is 19.4 Å². The summed E-state index contributed by atoms with van der Waals surface area (Å²) in [6.07, 6.45) is 7.01. The molecule has 0 bridgehead atoms. The van der Waals surface area contributed by atoms with Gasteiger partial charge in [-0.25, -0.2) is 0 Å². The van der Waals surface area contributed by atoms with Gasteiger partial charge in [-0.2, -0.15) is 0 Å². The number of esters is 1. The normalized spacial score (nSPS) is 15.3. The molecule has 0 saturated carbocycles. The van der Waals surface area contributed by atoms with Crippen molar-refractivity contribution in [3.8, 4) is 11.8 Å². The molecule has 0 aromatic carbocycles. The number of carbonyl (C=O) groups is 2. The van der Waals surface area contributed by atoms with Gasteiger partial charge in [0.2, 0.25) is 0 Å². The number of ketones is 1. The van der Waals surface area contributed by atoms with E-state index < -0.39 is 6.10 Å². The number of aliphatic hydroxyl groups excluding tert-OH is 1. The number of allylic oxidation sites excluding steroid dienone is 2. The molecular formula is C19H28O4. The van der Waals surface area contributed by atoms with Crippen LogP contribution in [0.5, 0.6) is 0 Å². The van der Waals surface area contributed by atoms with Crippen LogP contribution in [0.4, 0.5) is 0 Å². The Morgan fingerprint density at radius 2 is 2.04 bits per heavy atom. The minimum Gasteiger partial charge on any atom is -0.469 e. The number of methoxy groups -OCH3 is 1. The largest absolute Gasteiger partial charge is 0.469 e. The molecule has 0 unspecified atom stereocenters. The summed E-state index contributed by atoms with van der Waals surface area (Å²) in [4.78, 5) is 23.0. The van der Waals surface area contributed by atoms with Gasteiger partial charge < -0.3 is 9.84 Å². The summed E-state index contributed by atoms with van der Waals surface area (Å²) in [5.74, 6) is 5.83. The Morgan fingerprint density at radius 1 is 1.26 bits per heavy atom. The molecule has 0 aliphatic heterocycles. The van der Waals surface area contributed by atoms with E-state index in [1.165, 1.54) is 7.11 Å². The zero-order chi connectivity index (χ0) is 17.1. The number of rotatable bonds is 9. The predicted molar refractivity (Wildman–Crippen MR) is 89.7 cm³/mol. The molecule has 1 atom stereocenters. The van der Waals surface area contributed by atoms with Gasteiger partial charge in [-0.05, 0) is 38.5 Å². The van der Waals surface area contributed by atoms with Crippen LogP contribution in [0.3, 0.4) is 0 Å². The highest BCUT2D eigenvalue weighted by atomic mass is 16.5. The molecule has 0 aromatic rings. The maximum atomic E-state index is 11.9. The van der Waals surface area contributed by atoms with E-state index in [1.807, 2.05) is 0 Å². The van der Waals surface area contributed by atoms with Crippen molar-refractivity contribution in [3.63, 3.8) is 0 Å². The topological polar surface area (TPSA) is 63.6 Å². The summed E-state index contributed by atoms with van der Waals surface area (Å²) in [6, 6.07) is 0. The average molecular weight is 320 g/mol. The second-order valence-corrected chi connectivity index (χ2v) is 5.94. The van der Waals surface area contributed by atoms with Crippen LogP contribution in [0.25, 0.3) is 0 Å². The van der Waals surface area contributed by atoms with Crippen molar-refractivity contribution in [2.45, 2.75) is 77.2 Å².